The van der Waals surface area contributed by atoms with E-state index in [9.17, 15) is 9.50 Å². The molecule has 2 aromatic rings. The lowest BCUT2D eigenvalue weighted by molar-refractivity contribution is 0.243. The molecule has 0 aliphatic heterocycles. The largest absolute Gasteiger partial charge is 0.394 e. The maximum atomic E-state index is 13.0. The topological polar surface area (TPSA) is 32.3 Å². The van der Waals surface area contributed by atoms with Gasteiger partial charge in [0.15, 0.2) is 0 Å². The summed E-state index contributed by atoms with van der Waals surface area (Å²) in [5.41, 5.74) is 1.89. The average molecular weight is 280 g/mol. The van der Waals surface area contributed by atoms with Gasteiger partial charge in [0.2, 0.25) is 0 Å². The zero-order valence-electron chi connectivity index (χ0n) is 10.3. The van der Waals surface area contributed by atoms with Gasteiger partial charge in [-0.1, -0.05) is 48.0 Å². The summed E-state index contributed by atoms with van der Waals surface area (Å²) in [7, 11) is 0. The predicted molar refractivity (Wildman–Crippen MR) is 74.5 cm³/mol. The molecule has 0 aliphatic rings. The van der Waals surface area contributed by atoms with Crippen LogP contribution in [0.15, 0.2) is 48.5 Å². The number of aliphatic hydroxyl groups is 1. The molecule has 4 heteroatoms. The molecule has 2 nitrogen and oxygen atoms in total. The van der Waals surface area contributed by atoms with Crippen molar-refractivity contribution in [1.82, 2.24) is 5.32 Å². The molecule has 0 heterocycles. The molecule has 0 bridgehead atoms. The minimum atomic E-state index is -0.424. The SMILES string of the molecule is OCC(NCc1ccc(F)c(Cl)c1)c1ccccc1. The van der Waals surface area contributed by atoms with Crippen LogP contribution in [0, 0.1) is 5.82 Å². The monoisotopic (exact) mass is 279 g/mol. The highest BCUT2D eigenvalue weighted by Gasteiger charge is 2.09. The van der Waals surface area contributed by atoms with E-state index in [0.29, 0.717) is 6.54 Å². The van der Waals surface area contributed by atoms with Crippen molar-refractivity contribution in [1.29, 1.82) is 0 Å². The molecule has 0 spiro atoms. The second kappa shape index (κ2) is 6.66. The fourth-order valence-electron chi connectivity index (χ4n) is 1.86. The van der Waals surface area contributed by atoms with Gasteiger partial charge in [0, 0.05) is 6.54 Å². The molecule has 0 aromatic heterocycles. The fraction of sp³-hybridized carbons (Fsp3) is 0.200. The highest BCUT2D eigenvalue weighted by atomic mass is 35.5. The summed E-state index contributed by atoms with van der Waals surface area (Å²) in [5.74, 6) is -0.424. The molecule has 0 fully saturated rings. The third-order valence-corrected chi connectivity index (χ3v) is 3.21. The molecule has 0 saturated heterocycles. The maximum absolute atomic E-state index is 13.0. The van der Waals surface area contributed by atoms with Crippen LogP contribution in [0.1, 0.15) is 17.2 Å². The van der Waals surface area contributed by atoms with Gasteiger partial charge in [-0.05, 0) is 23.3 Å². The zero-order valence-corrected chi connectivity index (χ0v) is 11.1. The van der Waals surface area contributed by atoms with Crippen LogP contribution in [-0.4, -0.2) is 11.7 Å². The van der Waals surface area contributed by atoms with Gasteiger partial charge in [0.25, 0.3) is 0 Å². The predicted octanol–water partition coefficient (Wildman–Crippen LogP) is 3.30. The van der Waals surface area contributed by atoms with Crippen LogP contribution in [-0.2, 0) is 6.54 Å². The standard InChI is InChI=1S/C15H15ClFNO/c16-13-8-11(6-7-14(13)17)9-18-15(10-19)12-4-2-1-3-5-12/h1-8,15,18-19H,9-10H2. The zero-order chi connectivity index (χ0) is 13.7. The van der Waals surface area contributed by atoms with E-state index in [1.165, 1.54) is 6.07 Å². The van der Waals surface area contributed by atoms with Gasteiger partial charge in [0.05, 0.1) is 17.7 Å². The first kappa shape index (κ1) is 14.0. The van der Waals surface area contributed by atoms with Crippen molar-refractivity contribution < 1.29 is 9.50 Å². The highest BCUT2D eigenvalue weighted by molar-refractivity contribution is 6.30. The van der Waals surface area contributed by atoms with Crippen molar-refractivity contribution in [2.45, 2.75) is 12.6 Å². The van der Waals surface area contributed by atoms with Gasteiger partial charge in [0.1, 0.15) is 5.82 Å². The van der Waals surface area contributed by atoms with Gasteiger partial charge < -0.3 is 10.4 Å². The summed E-state index contributed by atoms with van der Waals surface area (Å²) in [6, 6.07) is 14.1. The van der Waals surface area contributed by atoms with Crippen LogP contribution in [0.4, 0.5) is 4.39 Å². The van der Waals surface area contributed by atoms with E-state index >= 15 is 0 Å². The molecule has 0 radical (unpaired) electrons. The van der Waals surface area contributed by atoms with E-state index in [1.807, 2.05) is 30.3 Å². The van der Waals surface area contributed by atoms with E-state index in [1.54, 1.807) is 12.1 Å². The Morgan fingerprint density at radius 1 is 1.16 bits per heavy atom. The van der Waals surface area contributed by atoms with Gasteiger partial charge in [-0.25, -0.2) is 4.39 Å². The van der Waals surface area contributed by atoms with Gasteiger partial charge in [-0.15, -0.1) is 0 Å². The Kier molecular flexibility index (Phi) is 4.91. The normalized spacial score (nSPS) is 12.4. The van der Waals surface area contributed by atoms with Crippen molar-refractivity contribution in [3.63, 3.8) is 0 Å². The molecular weight excluding hydrogens is 265 g/mol. The van der Waals surface area contributed by atoms with Gasteiger partial charge >= 0.3 is 0 Å². The Morgan fingerprint density at radius 2 is 1.89 bits per heavy atom. The molecule has 19 heavy (non-hydrogen) atoms. The minimum Gasteiger partial charge on any atom is -0.394 e. The number of nitrogens with one attached hydrogen (secondary N) is 1. The Balaban J connectivity index is 2.02. The van der Waals surface area contributed by atoms with Crippen molar-refractivity contribution in [2.24, 2.45) is 0 Å². The van der Waals surface area contributed by atoms with Crippen LogP contribution in [0.2, 0.25) is 5.02 Å². The molecule has 0 amide bonds. The maximum Gasteiger partial charge on any atom is 0.141 e. The lowest BCUT2D eigenvalue weighted by atomic mass is 10.1. The summed E-state index contributed by atoms with van der Waals surface area (Å²) in [6.45, 7) is 0.513. The third kappa shape index (κ3) is 3.77. The third-order valence-electron chi connectivity index (χ3n) is 2.92. The van der Waals surface area contributed by atoms with Gasteiger partial charge in [-0.3, -0.25) is 0 Å². The summed E-state index contributed by atoms with van der Waals surface area (Å²) in [5, 5.41) is 12.7. The number of aliphatic hydroxyl groups excluding tert-OH is 1. The number of rotatable bonds is 5. The summed E-state index contributed by atoms with van der Waals surface area (Å²) >= 11 is 5.73. The summed E-state index contributed by atoms with van der Waals surface area (Å²) < 4.78 is 13.0. The fourth-order valence-corrected chi connectivity index (χ4v) is 2.07. The molecule has 2 N–H and O–H groups in total. The molecule has 100 valence electrons. The van der Waals surface area contributed by atoms with Crippen LogP contribution >= 0.6 is 11.6 Å². The lowest BCUT2D eigenvalue weighted by Gasteiger charge is -2.16. The van der Waals surface area contributed by atoms with Crippen LogP contribution in [0.5, 0.6) is 0 Å². The summed E-state index contributed by atoms with van der Waals surface area (Å²) in [6.07, 6.45) is 0. The first-order chi connectivity index (χ1) is 9.20. The van der Waals surface area contributed by atoms with Crippen LogP contribution in [0.3, 0.4) is 0 Å². The van der Waals surface area contributed by atoms with Crippen LogP contribution < -0.4 is 5.32 Å². The number of hydrogen-bond acceptors (Lipinski definition) is 2. The molecule has 0 saturated carbocycles. The quantitative estimate of drug-likeness (QED) is 0.880. The second-order valence-electron chi connectivity index (χ2n) is 4.28. The molecular formula is C15H15ClFNO. The average Bonchev–Trinajstić information content (AvgIpc) is 2.44. The first-order valence-corrected chi connectivity index (χ1v) is 6.41. The van der Waals surface area contributed by atoms with E-state index in [4.69, 9.17) is 11.6 Å². The van der Waals surface area contributed by atoms with Gasteiger partial charge in [-0.2, -0.15) is 0 Å². The van der Waals surface area contributed by atoms with E-state index in [2.05, 4.69) is 5.32 Å². The number of hydrogen-bond donors (Lipinski definition) is 2. The van der Waals surface area contributed by atoms with Crippen molar-refractivity contribution >= 4 is 11.6 Å². The Labute approximate surface area is 116 Å². The van der Waals surface area contributed by atoms with Crippen molar-refractivity contribution in [3.8, 4) is 0 Å². The lowest BCUT2D eigenvalue weighted by Crippen LogP contribution is -2.23. The molecule has 1 atom stereocenters. The molecule has 1 unspecified atom stereocenters. The van der Waals surface area contributed by atoms with Crippen molar-refractivity contribution in [3.05, 3.63) is 70.5 Å². The van der Waals surface area contributed by atoms with Crippen LogP contribution in [0.25, 0.3) is 0 Å². The highest BCUT2D eigenvalue weighted by Crippen LogP contribution is 2.17. The molecule has 0 aliphatic carbocycles. The first-order valence-electron chi connectivity index (χ1n) is 6.04. The Morgan fingerprint density at radius 3 is 2.53 bits per heavy atom. The van der Waals surface area contributed by atoms with E-state index in [-0.39, 0.29) is 17.7 Å². The smallest absolute Gasteiger partial charge is 0.141 e. The Bertz CT molecular complexity index is 533. The minimum absolute atomic E-state index is 0.00105. The molecule has 2 rings (SSSR count). The number of halogens is 2. The van der Waals surface area contributed by atoms with Crippen molar-refractivity contribution in [2.75, 3.05) is 6.61 Å². The Hall–Kier alpha value is -1.42. The summed E-state index contributed by atoms with van der Waals surface area (Å²) in [4.78, 5) is 0. The molecule has 2 aromatic carbocycles. The van der Waals surface area contributed by atoms with E-state index in [0.717, 1.165) is 11.1 Å². The van der Waals surface area contributed by atoms with E-state index < -0.39 is 5.82 Å². The second-order valence-corrected chi connectivity index (χ2v) is 4.68. The number of benzene rings is 2.